The SMILES string of the molecule is O=C(Oc1ccccc1)N1CCc2cccc(OS(=O)(=O)C(F)(F)F)c2C1. The molecule has 1 amide bonds. The van der Waals surface area contributed by atoms with Crippen LogP contribution in [0.25, 0.3) is 0 Å². The van der Waals surface area contributed by atoms with E-state index < -0.39 is 27.5 Å². The van der Waals surface area contributed by atoms with Gasteiger partial charge >= 0.3 is 21.7 Å². The van der Waals surface area contributed by atoms with Crippen molar-refractivity contribution in [3.05, 3.63) is 59.7 Å². The van der Waals surface area contributed by atoms with Crippen molar-refractivity contribution < 1.29 is 35.3 Å². The molecule has 0 N–H and O–H groups in total. The van der Waals surface area contributed by atoms with Gasteiger partial charge in [-0.05, 0) is 30.2 Å². The van der Waals surface area contributed by atoms with Gasteiger partial charge in [0.05, 0.1) is 6.54 Å². The molecule has 0 bridgehead atoms. The zero-order valence-electron chi connectivity index (χ0n) is 13.8. The standard InChI is InChI=1S/C17H14F3NO5S/c18-17(19,20)27(23,24)26-15-8-4-5-12-9-10-21(11-14(12)15)16(22)25-13-6-2-1-3-7-13/h1-8H,9-11H2. The first-order valence-electron chi connectivity index (χ1n) is 7.81. The molecule has 3 rings (SSSR count). The number of nitrogens with zero attached hydrogens (tertiary/aromatic N) is 1. The molecular weight excluding hydrogens is 387 g/mol. The number of fused-ring (bicyclic) bond motifs is 1. The number of alkyl halides is 3. The van der Waals surface area contributed by atoms with E-state index >= 15 is 0 Å². The lowest BCUT2D eigenvalue weighted by Crippen LogP contribution is -2.38. The quantitative estimate of drug-likeness (QED) is 0.582. The van der Waals surface area contributed by atoms with Crippen molar-refractivity contribution in [2.45, 2.75) is 18.5 Å². The van der Waals surface area contributed by atoms with E-state index in [9.17, 15) is 26.4 Å². The molecule has 0 aliphatic carbocycles. The number of rotatable bonds is 3. The van der Waals surface area contributed by atoms with E-state index in [1.807, 2.05) is 0 Å². The van der Waals surface area contributed by atoms with E-state index in [4.69, 9.17) is 4.74 Å². The second kappa shape index (κ2) is 7.10. The van der Waals surface area contributed by atoms with Gasteiger partial charge in [-0.15, -0.1) is 0 Å². The molecule has 1 heterocycles. The maximum Gasteiger partial charge on any atom is 0.534 e. The normalized spacial score (nSPS) is 14.4. The van der Waals surface area contributed by atoms with Gasteiger partial charge in [0.1, 0.15) is 11.5 Å². The number of amides is 1. The largest absolute Gasteiger partial charge is 0.534 e. The minimum atomic E-state index is -5.81. The lowest BCUT2D eigenvalue weighted by molar-refractivity contribution is -0.0500. The van der Waals surface area contributed by atoms with Crippen molar-refractivity contribution in [2.75, 3.05) is 6.54 Å². The van der Waals surface area contributed by atoms with Crippen molar-refractivity contribution in [3.63, 3.8) is 0 Å². The monoisotopic (exact) mass is 401 g/mol. The third-order valence-electron chi connectivity index (χ3n) is 3.92. The van der Waals surface area contributed by atoms with Gasteiger partial charge in [0, 0.05) is 12.1 Å². The molecule has 0 spiro atoms. The van der Waals surface area contributed by atoms with E-state index in [1.54, 1.807) is 36.4 Å². The van der Waals surface area contributed by atoms with E-state index in [-0.39, 0.29) is 18.7 Å². The Kier molecular flexibility index (Phi) is 5.01. The summed E-state index contributed by atoms with van der Waals surface area (Å²) in [4.78, 5) is 13.6. The predicted octanol–water partition coefficient (Wildman–Crippen LogP) is 3.47. The third-order valence-corrected chi connectivity index (χ3v) is 4.89. The molecule has 0 radical (unpaired) electrons. The second-order valence-electron chi connectivity index (χ2n) is 5.73. The first-order valence-corrected chi connectivity index (χ1v) is 9.21. The molecular formula is C17H14F3NO5S. The summed E-state index contributed by atoms with van der Waals surface area (Å²) in [6.07, 6.45) is -0.372. The van der Waals surface area contributed by atoms with Gasteiger partial charge in [-0.2, -0.15) is 21.6 Å². The molecule has 0 aromatic heterocycles. The Morgan fingerprint density at radius 3 is 2.41 bits per heavy atom. The Balaban J connectivity index is 1.81. The molecule has 144 valence electrons. The fraction of sp³-hybridized carbons (Fsp3) is 0.235. The Morgan fingerprint density at radius 1 is 1.04 bits per heavy atom. The average molecular weight is 401 g/mol. The average Bonchev–Trinajstić information content (AvgIpc) is 2.61. The number of carbonyl (C=O) groups excluding carboxylic acids is 1. The van der Waals surface area contributed by atoms with Crippen LogP contribution >= 0.6 is 0 Å². The molecule has 2 aromatic carbocycles. The summed E-state index contributed by atoms with van der Waals surface area (Å²) in [6, 6.07) is 12.4. The minimum absolute atomic E-state index is 0.134. The summed E-state index contributed by atoms with van der Waals surface area (Å²) in [5.74, 6) is -0.139. The first kappa shape index (κ1) is 19.0. The maximum atomic E-state index is 12.6. The van der Waals surface area contributed by atoms with Gasteiger partial charge < -0.3 is 13.8 Å². The Labute approximate surface area is 153 Å². The molecule has 0 fully saturated rings. The predicted molar refractivity (Wildman–Crippen MR) is 88.6 cm³/mol. The maximum absolute atomic E-state index is 12.6. The molecule has 0 saturated carbocycles. The van der Waals surface area contributed by atoms with Crippen LogP contribution in [0.4, 0.5) is 18.0 Å². The van der Waals surface area contributed by atoms with Crippen LogP contribution in [0.15, 0.2) is 48.5 Å². The van der Waals surface area contributed by atoms with Gasteiger partial charge in [0.25, 0.3) is 0 Å². The molecule has 27 heavy (non-hydrogen) atoms. The van der Waals surface area contributed by atoms with E-state index in [0.717, 1.165) is 6.07 Å². The van der Waals surface area contributed by atoms with Gasteiger partial charge in [0.15, 0.2) is 0 Å². The third kappa shape index (κ3) is 4.16. The van der Waals surface area contributed by atoms with Gasteiger partial charge in [-0.3, -0.25) is 0 Å². The highest BCUT2D eigenvalue weighted by Gasteiger charge is 2.49. The van der Waals surface area contributed by atoms with Crippen LogP contribution in [0.3, 0.4) is 0 Å². The van der Waals surface area contributed by atoms with Gasteiger partial charge in [0.2, 0.25) is 0 Å². The number of para-hydroxylation sites is 1. The van der Waals surface area contributed by atoms with Crippen molar-refractivity contribution in [2.24, 2.45) is 0 Å². The van der Waals surface area contributed by atoms with Gasteiger partial charge in [-0.25, -0.2) is 4.79 Å². The summed E-state index contributed by atoms with van der Waals surface area (Å²) < 4.78 is 69.9. The zero-order chi connectivity index (χ0) is 19.7. The number of carbonyl (C=O) groups is 1. The number of benzene rings is 2. The summed E-state index contributed by atoms with van der Waals surface area (Å²) in [7, 11) is -5.81. The molecule has 0 saturated heterocycles. The van der Waals surface area contributed by atoms with Crippen LogP contribution in [0.1, 0.15) is 11.1 Å². The highest BCUT2D eigenvalue weighted by Crippen LogP contribution is 2.33. The molecule has 1 aliphatic rings. The van der Waals surface area contributed by atoms with Crippen molar-refractivity contribution in [3.8, 4) is 11.5 Å². The fourth-order valence-electron chi connectivity index (χ4n) is 2.60. The number of ether oxygens (including phenoxy) is 1. The van der Waals surface area contributed by atoms with Crippen LogP contribution in [0, 0.1) is 0 Å². The molecule has 0 atom stereocenters. The molecule has 10 heteroatoms. The summed E-state index contributed by atoms with van der Waals surface area (Å²) >= 11 is 0. The van der Waals surface area contributed by atoms with Crippen molar-refractivity contribution in [1.82, 2.24) is 4.90 Å². The molecule has 2 aromatic rings. The summed E-state index contributed by atoms with van der Waals surface area (Å²) in [5.41, 5.74) is -4.74. The first-order chi connectivity index (χ1) is 12.7. The summed E-state index contributed by atoms with van der Waals surface area (Å²) in [6.45, 7) is 0.138. The highest BCUT2D eigenvalue weighted by atomic mass is 32.2. The van der Waals surface area contributed by atoms with E-state index in [0.29, 0.717) is 17.7 Å². The van der Waals surface area contributed by atoms with Gasteiger partial charge in [-0.1, -0.05) is 30.3 Å². The Bertz CT molecular complexity index is 945. The smallest absolute Gasteiger partial charge is 0.410 e. The number of halogens is 3. The fourth-order valence-corrected chi connectivity index (χ4v) is 3.09. The van der Waals surface area contributed by atoms with Crippen LogP contribution in [-0.4, -0.2) is 31.5 Å². The van der Waals surface area contributed by atoms with E-state index in [2.05, 4.69) is 4.18 Å². The Morgan fingerprint density at radius 2 is 1.74 bits per heavy atom. The zero-order valence-corrected chi connectivity index (χ0v) is 14.6. The van der Waals surface area contributed by atoms with Crippen LogP contribution in [0.2, 0.25) is 0 Å². The van der Waals surface area contributed by atoms with Crippen LogP contribution in [0.5, 0.6) is 11.5 Å². The number of hydrogen-bond donors (Lipinski definition) is 0. The molecule has 6 nitrogen and oxygen atoms in total. The van der Waals surface area contributed by atoms with E-state index in [1.165, 1.54) is 11.0 Å². The molecule has 0 unspecified atom stereocenters. The van der Waals surface area contributed by atoms with Crippen molar-refractivity contribution >= 4 is 16.2 Å². The van der Waals surface area contributed by atoms with Crippen molar-refractivity contribution in [1.29, 1.82) is 0 Å². The summed E-state index contributed by atoms with van der Waals surface area (Å²) in [5, 5.41) is 0. The molecule has 1 aliphatic heterocycles. The lowest BCUT2D eigenvalue weighted by atomic mass is 9.99. The Hall–Kier alpha value is -2.75. The lowest BCUT2D eigenvalue weighted by Gasteiger charge is -2.29. The minimum Gasteiger partial charge on any atom is -0.410 e. The number of hydrogen-bond acceptors (Lipinski definition) is 5. The van der Waals surface area contributed by atoms with Crippen LogP contribution in [-0.2, 0) is 23.1 Å². The highest BCUT2D eigenvalue weighted by molar-refractivity contribution is 7.88. The second-order valence-corrected chi connectivity index (χ2v) is 7.27. The van der Waals surface area contributed by atoms with Crippen LogP contribution < -0.4 is 8.92 Å². The topological polar surface area (TPSA) is 72.9 Å².